The van der Waals surface area contributed by atoms with Gasteiger partial charge in [0.05, 0.1) is 10.9 Å². The van der Waals surface area contributed by atoms with Gasteiger partial charge in [-0.25, -0.2) is 17.5 Å². The van der Waals surface area contributed by atoms with Gasteiger partial charge in [0.1, 0.15) is 5.82 Å². The number of para-hydroxylation sites is 1. The zero-order valence-electron chi connectivity index (χ0n) is 17.6. The minimum absolute atomic E-state index is 0.0532. The van der Waals surface area contributed by atoms with Crippen LogP contribution in [0.15, 0.2) is 77.7 Å². The summed E-state index contributed by atoms with van der Waals surface area (Å²) in [4.78, 5) is 4.34. The van der Waals surface area contributed by atoms with E-state index in [1.165, 1.54) is 17.7 Å². The molecule has 7 heteroatoms. The highest BCUT2D eigenvalue weighted by atomic mass is 32.2. The SMILES string of the molecule is CN(C)c1ccc([C@H](CNS(=O)(=O)c2ccc(F)cc2)N2CCc3ccccc32)cc1. The van der Waals surface area contributed by atoms with Crippen molar-refractivity contribution in [3.63, 3.8) is 0 Å². The van der Waals surface area contributed by atoms with E-state index >= 15 is 0 Å². The molecule has 3 aromatic rings. The number of halogens is 1. The Bertz CT molecular complexity index is 1150. The molecular formula is C24H26FN3O2S. The van der Waals surface area contributed by atoms with E-state index in [0.717, 1.165) is 42.0 Å². The van der Waals surface area contributed by atoms with Crippen LogP contribution in [0, 0.1) is 5.82 Å². The maximum absolute atomic E-state index is 13.2. The Balaban J connectivity index is 1.63. The molecule has 0 radical (unpaired) electrons. The van der Waals surface area contributed by atoms with E-state index in [0.29, 0.717) is 0 Å². The lowest BCUT2D eigenvalue weighted by molar-refractivity contribution is 0.562. The maximum atomic E-state index is 13.2. The Morgan fingerprint density at radius 1 is 1.00 bits per heavy atom. The normalized spacial score (nSPS) is 14.4. The van der Waals surface area contributed by atoms with Crippen molar-refractivity contribution < 1.29 is 12.8 Å². The van der Waals surface area contributed by atoms with Crippen LogP contribution in [0.25, 0.3) is 0 Å². The summed E-state index contributed by atoms with van der Waals surface area (Å²) in [5, 5.41) is 0. The van der Waals surface area contributed by atoms with Gasteiger partial charge in [-0.1, -0.05) is 30.3 Å². The Hall–Kier alpha value is -2.90. The second-order valence-electron chi connectivity index (χ2n) is 7.88. The summed E-state index contributed by atoms with van der Waals surface area (Å²) in [5.74, 6) is -0.466. The molecule has 0 unspecified atom stereocenters. The third-order valence-electron chi connectivity index (χ3n) is 5.68. The van der Waals surface area contributed by atoms with Gasteiger partial charge in [0, 0.05) is 38.6 Å². The average Bonchev–Trinajstić information content (AvgIpc) is 3.18. The van der Waals surface area contributed by atoms with E-state index in [-0.39, 0.29) is 17.5 Å². The van der Waals surface area contributed by atoms with Gasteiger partial charge in [-0.3, -0.25) is 0 Å². The zero-order chi connectivity index (χ0) is 22.0. The third kappa shape index (κ3) is 4.57. The van der Waals surface area contributed by atoms with Crippen LogP contribution < -0.4 is 14.5 Å². The molecule has 0 saturated heterocycles. The minimum atomic E-state index is -3.76. The van der Waals surface area contributed by atoms with Crippen LogP contribution in [0.4, 0.5) is 15.8 Å². The average molecular weight is 440 g/mol. The van der Waals surface area contributed by atoms with Crippen molar-refractivity contribution >= 4 is 21.4 Å². The van der Waals surface area contributed by atoms with E-state index in [9.17, 15) is 12.8 Å². The lowest BCUT2D eigenvalue weighted by atomic mass is 10.0. The van der Waals surface area contributed by atoms with E-state index in [1.807, 2.05) is 55.4 Å². The van der Waals surface area contributed by atoms with E-state index in [4.69, 9.17) is 0 Å². The smallest absolute Gasteiger partial charge is 0.240 e. The summed E-state index contributed by atoms with van der Waals surface area (Å²) in [5.41, 5.74) is 4.50. The number of hydrogen-bond acceptors (Lipinski definition) is 4. The monoisotopic (exact) mass is 439 g/mol. The van der Waals surface area contributed by atoms with Gasteiger partial charge in [-0.05, 0) is 60.0 Å². The fourth-order valence-electron chi connectivity index (χ4n) is 3.98. The van der Waals surface area contributed by atoms with Gasteiger partial charge in [-0.15, -0.1) is 0 Å². The number of hydrogen-bond donors (Lipinski definition) is 1. The van der Waals surface area contributed by atoms with Crippen LogP contribution in [0.3, 0.4) is 0 Å². The fourth-order valence-corrected chi connectivity index (χ4v) is 5.01. The van der Waals surface area contributed by atoms with Gasteiger partial charge in [0.2, 0.25) is 10.0 Å². The highest BCUT2D eigenvalue weighted by molar-refractivity contribution is 7.89. The quantitative estimate of drug-likeness (QED) is 0.605. The third-order valence-corrected chi connectivity index (χ3v) is 7.12. The van der Waals surface area contributed by atoms with Crippen molar-refractivity contribution in [2.75, 3.05) is 37.0 Å². The number of benzene rings is 3. The topological polar surface area (TPSA) is 52.7 Å². The van der Waals surface area contributed by atoms with Crippen LogP contribution in [-0.2, 0) is 16.4 Å². The summed E-state index contributed by atoms with van der Waals surface area (Å²) in [6.45, 7) is 1.02. The number of fused-ring (bicyclic) bond motifs is 1. The van der Waals surface area contributed by atoms with Crippen LogP contribution >= 0.6 is 0 Å². The highest BCUT2D eigenvalue weighted by Crippen LogP contribution is 2.35. The predicted octanol–water partition coefficient (Wildman–Crippen LogP) is 3.97. The second-order valence-corrected chi connectivity index (χ2v) is 9.65. The molecule has 1 aliphatic heterocycles. The number of nitrogens with zero attached hydrogens (tertiary/aromatic N) is 2. The lowest BCUT2D eigenvalue weighted by Gasteiger charge is -2.31. The molecule has 0 aromatic heterocycles. The number of anilines is 2. The van der Waals surface area contributed by atoms with Gasteiger partial charge < -0.3 is 9.80 Å². The van der Waals surface area contributed by atoms with Gasteiger partial charge in [0.15, 0.2) is 0 Å². The van der Waals surface area contributed by atoms with E-state index in [2.05, 4.69) is 21.8 Å². The molecule has 5 nitrogen and oxygen atoms in total. The lowest BCUT2D eigenvalue weighted by Crippen LogP contribution is -2.37. The number of sulfonamides is 1. The van der Waals surface area contributed by atoms with Crippen LogP contribution in [-0.4, -0.2) is 35.6 Å². The first-order chi connectivity index (χ1) is 14.8. The largest absolute Gasteiger partial charge is 0.378 e. The van der Waals surface area contributed by atoms with Crippen molar-refractivity contribution in [1.82, 2.24) is 4.72 Å². The Morgan fingerprint density at radius 3 is 2.35 bits per heavy atom. The van der Waals surface area contributed by atoms with Crippen molar-refractivity contribution in [2.45, 2.75) is 17.4 Å². The molecule has 1 N–H and O–H groups in total. The molecule has 0 spiro atoms. The molecule has 1 atom stereocenters. The molecule has 0 aliphatic carbocycles. The van der Waals surface area contributed by atoms with Crippen molar-refractivity contribution in [3.8, 4) is 0 Å². The van der Waals surface area contributed by atoms with Gasteiger partial charge in [0.25, 0.3) is 0 Å². The molecule has 162 valence electrons. The molecule has 1 aliphatic rings. The number of nitrogens with one attached hydrogen (secondary N) is 1. The van der Waals surface area contributed by atoms with Crippen LogP contribution in [0.5, 0.6) is 0 Å². The fraction of sp³-hybridized carbons (Fsp3) is 0.250. The Labute approximate surface area is 183 Å². The Kier molecular flexibility index (Phi) is 5.98. The molecule has 1 heterocycles. The van der Waals surface area contributed by atoms with Crippen molar-refractivity contribution in [1.29, 1.82) is 0 Å². The standard InChI is InChI=1S/C24H26FN3O2S/c1-27(2)21-11-7-19(8-12-21)24(28-16-15-18-5-3-4-6-23(18)28)17-26-31(29,30)22-13-9-20(25)10-14-22/h3-14,24,26H,15-17H2,1-2H3/t24-/m0/s1. The van der Waals surface area contributed by atoms with Crippen LogP contribution in [0.2, 0.25) is 0 Å². The summed E-state index contributed by atoms with van der Waals surface area (Å²) < 4.78 is 41.6. The highest BCUT2D eigenvalue weighted by Gasteiger charge is 2.28. The summed E-state index contributed by atoms with van der Waals surface area (Å²) >= 11 is 0. The molecule has 0 amide bonds. The Morgan fingerprint density at radius 2 is 1.68 bits per heavy atom. The summed E-state index contributed by atoms with van der Waals surface area (Å²) in [6.07, 6.45) is 0.924. The van der Waals surface area contributed by atoms with Crippen molar-refractivity contribution in [2.24, 2.45) is 0 Å². The first-order valence-corrected chi connectivity index (χ1v) is 11.7. The predicted molar refractivity (Wildman–Crippen MR) is 123 cm³/mol. The number of rotatable bonds is 7. The molecular weight excluding hydrogens is 413 g/mol. The molecule has 0 bridgehead atoms. The van der Waals surface area contributed by atoms with Crippen molar-refractivity contribution in [3.05, 3.63) is 89.7 Å². The molecule has 4 rings (SSSR count). The molecule has 3 aromatic carbocycles. The van der Waals surface area contributed by atoms with Gasteiger partial charge in [-0.2, -0.15) is 0 Å². The molecule has 31 heavy (non-hydrogen) atoms. The first-order valence-electron chi connectivity index (χ1n) is 10.2. The second kappa shape index (κ2) is 8.69. The first kappa shape index (κ1) is 21.3. The zero-order valence-corrected chi connectivity index (χ0v) is 18.4. The van der Waals surface area contributed by atoms with E-state index < -0.39 is 15.8 Å². The maximum Gasteiger partial charge on any atom is 0.240 e. The van der Waals surface area contributed by atoms with E-state index in [1.54, 1.807) is 0 Å². The summed E-state index contributed by atoms with van der Waals surface area (Å²) in [6, 6.07) is 21.1. The summed E-state index contributed by atoms with van der Waals surface area (Å²) in [7, 11) is 0.212. The minimum Gasteiger partial charge on any atom is -0.378 e. The molecule has 0 saturated carbocycles. The molecule has 0 fully saturated rings. The van der Waals surface area contributed by atoms with Crippen LogP contribution in [0.1, 0.15) is 17.2 Å². The van der Waals surface area contributed by atoms with Gasteiger partial charge >= 0.3 is 0 Å².